The van der Waals surface area contributed by atoms with E-state index in [0.29, 0.717) is 6.42 Å². The van der Waals surface area contributed by atoms with E-state index in [0.717, 1.165) is 16.4 Å². The molecule has 0 saturated carbocycles. The van der Waals surface area contributed by atoms with Gasteiger partial charge in [0.2, 0.25) is 0 Å². The van der Waals surface area contributed by atoms with Crippen LogP contribution in [-0.4, -0.2) is 75.9 Å². The molecule has 5 rings (SSSR count). The predicted molar refractivity (Wildman–Crippen MR) is 178 cm³/mol. The maximum absolute atomic E-state index is 13.4. The van der Waals surface area contributed by atoms with Crippen molar-refractivity contribution in [1.82, 2.24) is 14.8 Å². The molecule has 15 heteroatoms. The Labute approximate surface area is 289 Å². The van der Waals surface area contributed by atoms with E-state index in [2.05, 4.69) is 10.1 Å². The fraction of sp³-hybridized carbons (Fsp3) is 0.286. The van der Waals surface area contributed by atoms with Crippen LogP contribution in [0.15, 0.2) is 106 Å². The number of aromatic amines is 1. The van der Waals surface area contributed by atoms with Crippen LogP contribution in [0.5, 0.6) is 0 Å². The number of H-pyrrole nitrogens is 1. The molecule has 2 heterocycles. The molecular weight excluding hydrogens is 670 g/mol. The van der Waals surface area contributed by atoms with Crippen LogP contribution >= 0.6 is 11.8 Å². The van der Waals surface area contributed by atoms with Crippen molar-refractivity contribution in [3.05, 3.63) is 129 Å². The van der Waals surface area contributed by atoms with E-state index in [1.54, 1.807) is 73.7 Å². The summed E-state index contributed by atoms with van der Waals surface area (Å²) in [7, 11) is 0. The van der Waals surface area contributed by atoms with Gasteiger partial charge in [-0.25, -0.2) is 19.2 Å². The molecule has 3 aromatic carbocycles. The highest BCUT2D eigenvalue weighted by Crippen LogP contribution is 2.34. The third kappa shape index (κ3) is 9.12. The second-order valence-corrected chi connectivity index (χ2v) is 11.9. The van der Waals surface area contributed by atoms with Crippen molar-refractivity contribution in [2.24, 2.45) is 0 Å². The van der Waals surface area contributed by atoms with Crippen molar-refractivity contribution in [2.45, 2.75) is 49.3 Å². The van der Waals surface area contributed by atoms with E-state index >= 15 is 0 Å². The van der Waals surface area contributed by atoms with Gasteiger partial charge < -0.3 is 23.7 Å². The van der Waals surface area contributed by atoms with Gasteiger partial charge in [-0.2, -0.15) is 9.78 Å². The lowest BCUT2D eigenvalue weighted by atomic mass is 10.1. The van der Waals surface area contributed by atoms with Crippen molar-refractivity contribution in [3.63, 3.8) is 0 Å². The van der Waals surface area contributed by atoms with E-state index < -0.39 is 66.3 Å². The van der Waals surface area contributed by atoms with Gasteiger partial charge in [-0.1, -0.05) is 66.4 Å². The van der Waals surface area contributed by atoms with Crippen LogP contribution in [0.2, 0.25) is 0 Å². The summed E-state index contributed by atoms with van der Waals surface area (Å²) in [5.41, 5.74) is -1.23. The average molecular weight is 704 g/mol. The summed E-state index contributed by atoms with van der Waals surface area (Å²) in [6.07, 6.45) is -5.30. The molecule has 0 bridgehead atoms. The molecule has 1 aromatic heterocycles. The zero-order chi connectivity index (χ0) is 35.5. The number of thioether (sulfide) groups is 1. The highest BCUT2D eigenvalue weighted by molar-refractivity contribution is 7.99. The Hall–Kier alpha value is -5.54. The zero-order valence-electron chi connectivity index (χ0n) is 26.8. The van der Waals surface area contributed by atoms with Crippen molar-refractivity contribution >= 4 is 35.6 Å². The Morgan fingerprint density at radius 3 is 1.88 bits per heavy atom. The maximum atomic E-state index is 13.4. The summed E-state index contributed by atoms with van der Waals surface area (Å²) >= 11 is 0.982. The van der Waals surface area contributed by atoms with Crippen LogP contribution < -0.4 is 11.2 Å². The quantitative estimate of drug-likeness (QED) is 0.0872. The average Bonchev–Trinajstić information content (AvgIpc) is 3.46. The molecular formula is C35H33N3O11S. The van der Waals surface area contributed by atoms with E-state index in [1.165, 1.54) is 24.3 Å². The number of nitrogens with one attached hydrogen (secondary N) is 1. The summed E-state index contributed by atoms with van der Waals surface area (Å²) in [6.45, 7) is 1.45. The molecule has 260 valence electrons. The standard InChI is InChI=1S/C35H33N3O11S/c1-2-45-26(39)19-12-20-50-30-29(40)36-35(44)38(37-30)31-28(49-34(43)24-17-10-5-11-18-24)27(48-33(42)23-15-8-4-9-16-23)25(47-31)21-46-32(41)22-13-6-3-7-14-22/h3-11,13-18,25,27-28,31H,2,12,19-21H2,1H3,(H,36,40,44)/t25-,27-,28-,31-/m1/s1. The minimum absolute atomic E-state index is 0.111. The lowest BCUT2D eigenvalue weighted by Gasteiger charge is -2.24. The summed E-state index contributed by atoms with van der Waals surface area (Å²) in [5.74, 6) is -2.46. The van der Waals surface area contributed by atoms with Gasteiger partial charge in [-0.3, -0.25) is 14.6 Å². The van der Waals surface area contributed by atoms with E-state index in [-0.39, 0.29) is 40.5 Å². The fourth-order valence-electron chi connectivity index (χ4n) is 4.94. The van der Waals surface area contributed by atoms with Gasteiger partial charge in [-0.15, -0.1) is 0 Å². The lowest BCUT2D eigenvalue weighted by Crippen LogP contribution is -2.44. The highest BCUT2D eigenvalue weighted by atomic mass is 32.2. The second-order valence-electron chi connectivity index (χ2n) is 10.8. The monoisotopic (exact) mass is 703 g/mol. The van der Waals surface area contributed by atoms with Gasteiger partial charge in [0.1, 0.15) is 12.7 Å². The molecule has 4 atom stereocenters. The number of nitrogens with zero attached hydrogens (tertiary/aromatic N) is 2. The molecule has 0 amide bonds. The molecule has 1 saturated heterocycles. The summed E-state index contributed by atoms with van der Waals surface area (Å²) in [4.78, 5) is 79.5. The van der Waals surface area contributed by atoms with E-state index in [9.17, 15) is 28.8 Å². The van der Waals surface area contributed by atoms with E-state index in [1.807, 2.05) is 0 Å². The van der Waals surface area contributed by atoms with Crippen molar-refractivity contribution in [1.29, 1.82) is 0 Å². The second kappa shape index (κ2) is 17.2. The molecule has 0 radical (unpaired) electrons. The number of carbonyl (C=O) groups excluding carboxylic acids is 4. The van der Waals surface area contributed by atoms with Crippen LogP contribution in [0.1, 0.15) is 57.1 Å². The van der Waals surface area contributed by atoms with Crippen LogP contribution in [-0.2, 0) is 28.5 Å². The van der Waals surface area contributed by atoms with Gasteiger partial charge in [0.15, 0.2) is 23.5 Å². The highest BCUT2D eigenvalue weighted by Gasteiger charge is 2.52. The first kappa shape index (κ1) is 35.8. The molecule has 1 N–H and O–H groups in total. The predicted octanol–water partition coefficient (Wildman–Crippen LogP) is 3.57. The molecule has 1 fully saturated rings. The molecule has 0 unspecified atom stereocenters. The number of ether oxygens (including phenoxy) is 5. The smallest absolute Gasteiger partial charge is 0.347 e. The maximum Gasteiger partial charge on any atom is 0.347 e. The lowest BCUT2D eigenvalue weighted by molar-refractivity contribution is -0.143. The number of carbonyl (C=O) groups is 4. The number of esters is 4. The Morgan fingerprint density at radius 1 is 0.780 bits per heavy atom. The van der Waals surface area contributed by atoms with Crippen LogP contribution in [0.25, 0.3) is 0 Å². The van der Waals surface area contributed by atoms with E-state index in [4.69, 9.17) is 23.7 Å². The SMILES string of the molecule is CCOC(=O)CCCSc1nn([C@@H]2O[C@H](COC(=O)c3ccccc3)[C@@H](OC(=O)c3ccccc3)[C@H]2OC(=O)c2ccccc2)c(=O)[nH]c1=O. The molecule has 0 aliphatic carbocycles. The van der Waals surface area contributed by atoms with Gasteiger partial charge in [-0.05, 0) is 49.7 Å². The van der Waals surface area contributed by atoms with Gasteiger partial charge >= 0.3 is 29.6 Å². The zero-order valence-corrected chi connectivity index (χ0v) is 27.6. The Kier molecular flexibility index (Phi) is 12.3. The first-order valence-electron chi connectivity index (χ1n) is 15.7. The number of hydrogen-bond donors (Lipinski definition) is 1. The third-order valence-corrected chi connectivity index (χ3v) is 8.34. The van der Waals surface area contributed by atoms with Crippen LogP contribution in [0.3, 0.4) is 0 Å². The number of hydrogen-bond acceptors (Lipinski definition) is 13. The van der Waals surface area contributed by atoms with Gasteiger partial charge in [0.25, 0.3) is 5.56 Å². The molecule has 1 aliphatic rings. The first-order valence-corrected chi connectivity index (χ1v) is 16.6. The fourth-order valence-corrected chi connectivity index (χ4v) is 5.75. The summed E-state index contributed by atoms with van der Waals surface area (Å²) in [5, 5.41) is 4.09. The van der Waals surface area contributed by atoms with Gasteiger partial charge in [0, 0.05) is 12.2 Å². The number of benzene rings is 3. The third-order valence-electron chi connectivity index (χ3n) is 7.31. The van der Waals surface area contributed by atoms with Crippen LogP contribution in [0.4, 0.5) is 0 Å². The Morgan fingerprint density at radius 2 is 1.32 bits per heavy atom. The number of rotatable bonds is 14. The van der Waals surface area contributed by atoms with Crippen molar-refractivity contribution in [3.8, 4) is 0 Å². The molecule has 4 aromatic rings. The normalized spacial score (nSPS) is 18.2. The molecule has 50 heavy (non-hydrogen) atoms. The Balaban J connectivity index is 1.48. The Bertz CT molecular complexity index is 1900. The largest absolute Gasteiger partial charge is 0.466 e. The van der Waals surface area contributed by atoms with Crippen molar-refractivity contribution < 1.29 is 42.9 Å². The topological polar surface area (TPSA) is 182 Å². The summed E-state index contributed by atoms with van der Waals surface area (Å²) < 4.78 is 29.1. The van der Waals surface area contributed by atoms with Crippen LogP contribution in [0, 0.1) is 0 Å². The first-order chi connectivity index (χ1) is 24.2. The molecule has 14 nitrogen and oxygen atoms in total. The van der Waals surface area contributed by atoms with Gasteiger partial charge in [0.05, 0.1) is 23.3 Å². The number of aromatic nitrogens is 3. The van der Waals surface area contributed by atoms with Crippen molar-refractivity contribution in [2.75, 3.05) is 19.0 Å². The summed E-state index contributed by atoms with van der Waals surface area (Å²) in [6, 6.07) is 24.1. The minimum Gasteiger partial charge on any atom is -0.466 e. The minimum atomic E-state index is -1.56. The molecule has 1 aliphatic heterocycles. The molecule has 0 spiro atoms.